The molecule has 0 heterocycles. The first-order chi connectivity index (χ1) is 8.24. The average molecular weight is 237 g/mol. The fourth-order valence-electron chi connectivity index (χ4n) is 3.28. The lowest BCUT2D eigenvalue weighted by atomic mass is 10.0. The number of nitrogens with zero attached hydrogens (tertiary/aromatic N) is 1. The molecule has 3 aliphatic rings. The average Bonchev–Trinajstić information content (AvgIpc) is 3.20. The van der Waals surface area contributed by atoms with Gasteiger partial charge in [0.2, 0.25) is 0 Å². The van der Waals surface area contributed by atoms with Crippen molar-refractivity contribution in [1.29, 1.82) is 0 Å². The second-order valence-corrected chi connectivity index (χ2v) is 6.28. The van der Waals surface area contributed by atoms with E-state index in [1.165, 1.54) is 38.8 Å². The van der Waals surface area contributed by atoms with E-state index in [0.717, 1.165) is 31.1 Å². The van der Waals surface area contributed by atoms with Crippen molar-refractivity contribution in [3.8, 4) is 0 Å². The molecule has 0 aromatic heterocycles. The lowest BCUT2D eigenvalue weighted by Gasteiger charge is -2.31. The van der Waals surface area contributed by atoms with Crippen LogP contribution in [0.2, 0.25) is 0 Å². The first kappa shape index (κ1) is 11.5. The Morgan fingerprint density at radius 2 is 1.59 bits per heavy atom. The van der Waals surface area contributed by atoms with E-state index < -0.39 is 5.97 Å². The van der Waals surface area contributed by atoms with Gasteiger partial charge in [0.15, 0.2) is 0 Å². The largest absolute Gasteiger partial charge is 0.481 e. The molecule has 0 aliphatic heterocycles. The Bertz CT molecular complexity index is 283. The van der Waals surface area contributed by atoms with Crippen molar-refractivity contribution in [2.24, 2.45) is 17.8 Å². The van der Waals surface area contributed by atoms with Crippen LogP contribution in [0.15, 0.2) is 0 Å². The summed E-state index contributed by atoms with van der Waals surface area (Å²) in [6.07, 6.45) is 8.57. The molecule has 0 amide bonds. The van der Waals surface area contributed by atoms with Crippen molar-refractivity contribution in [3.05, 3.63) is 0 Å². The summed E-state index contributed by atoms with van der Waals surface area (Å²) in [5.74, 6) is 1.10. The van der Waals surface area contributed by atoms with Crippen LogP contribution in [-0.2, 0) is 4.79 Å². The van der Waals surface area contributed by atoms with Gasteiger partial charge in [-0.2, -0.15) is 0 Å². The molecule has 0 bridgehead atoms. The van der Waals surface area contributed by atoms with Gasteiger partial charge in [0.25, 0.3) is 0 Å². The summed E-state index contributed by atoms with van der Waals surface area (Å²) < 4.78 is 0. The Hall–Kier alpha value is -0.570. The SMILES string of the molecule is O=C(O)C1CCCC1N(CC1CC1)CC1CC1. The monoisotopic (exact) mass is 237 g/mol. The normalized spacial score (nSPS) is 33.2. The molecule has 0 spiro atoms. The number of carboxylic acid groups (broad SMARTS) is 1. The Morgan fingerprint density at radius 3 is 2.06 bits per heavy atom. The molecule has 3 rings (SSSR count). The number of carbonyl (C=O) groups is 1. The van der Waals surface area contributed by atoms with Gasteiger partial charge in [0.1, 0.15) is 0 Å². The van der Waals surface area contributed by atoms with Gasteiger partial charge in [-0.3, -0.25) is 9.69 Å². The standard InChI is InChI=1S/C14H23NO2/c16-14(17)12-2-1-3-13(12)15(8-10-4-5-10)9-11-6-7-11/h10-13H,1-9H2,(H,16,17). The van der Waals surface area contributed by atoms with Crippen LogP contribution in [-0.4, -0.2) is 35.1 Å². The van der Waals surface area contributed by atoms with Crippen molar-refractivity contribution >= 4 is 5.97 Å². The zero-order valence-corrected chi connectivity index (χ0v) is 10.5. The lowest BCUT2D eigenvalue weighted by molar-refractivity contribution is -0.143. The quantitative estimate of drug-likeness (QED) is 0.771. The molecule has 3 heteroatoms. The van der Waals surface area contributed by atoms with Crippen molar-refractivity contribution in [3.63, 3.8) is 0 Å². The van der Waals surface area contributed by atoms with Gasteiger partial charge in [-0.15, -0.1) is 0 Å². The van der Waals surface area contributed by atoms with E-state index in [9.17, 15) is 9.90 Å². The van der Waals surface area contributed by atoms with Gasteiger partial charge in [0.05, 0.1) is 5.92 Å². The predicted molar refractivity (Wildman–Crippen MR) is 65.8 cm³/mol. The third-order valence-electron chi connectivity index (χ3n) is 4.64. The fourth-order valence-corrected chi connectivity index (χ4v) is 3.28. The number of aliphatic carboxylic acids is 1. The molecular weight excluding hydrogens is 214 g/mol. The van der Waals surface area contributed by atoms with Gasteiger partial charge < -0.3 is 5.11 Å². The summed E-state index contributed by atoms with van der Waals surface area (Å²) in [5.41, 5.74) is 0. The van der Waals surface area contributed by atoms with Gasteiger partial charge in [-0.1, -0.05) is 6.42 Å². The zero-order chi connectivity index (χ0) is 11.8. The van der Waals surface area contributed by atoms with E-state index in [-0.39, 0.29) is 5.92 Å². The molecule has 3 nitrogen and oxygen atoms in total. The van der Waals surface area contributed by atoms with Crippen molar-refractivity contribution < 1.29 is 9.90 Å². The van der Waals surface area contributed by atoms with E-state index in [2.05, 4.69) is 4.90 Å². The molecule has 2 unspecified atom stereocenters. The highest BCUT2D eigenvalue weighted by molar-refractivity contribution is 5.71. The molecule has 1 N–H and O–H groups in total. The predicted octanol–water partition coefficient (Wildman–Crippen LogP) is 2.36. The van der Waals surface area contributed by atoms with Crippen LogP contribution in [0.5, 0.6) is 0 Å². The second-order valence-electron chi connectivity index (χ2n) is 6.28. The molecule has 3 aliphatic carbocycles. The molecular formula is C14H23NO2. The maximum atomic E-state index is 11.3. The van der Waals surface area contributed by atoms with Crippen LogP contribution in [0.25, 0.3) is 0 Å². The minimum absolute atomic E-state index is 0.0903. The summed E-state index contributed by atoms with van der Waals surface area (Å²) in [4.78, 5) is 13.8. The number of hydrogen-bond acceptors (Lipinski definition) is 2. The summed E-state index contributed by atoms with van der Waals surface area (Å²) in [6, 6.07) is 0.341. The fraction of sp³-hybridized carbons (Fsp3) is 0.929. The molecule has 0 saturated heterocycles. The molecule has 17 heavy (non-hydrogen) atoms. The topological polar surface area (TPSA) is 40.5 Å². The van der Waals surface area contributed by atoms with Crippen LogP contribution in [0.3, 0.4) is 0 Å². The van der Waals surface area contributed by atoms with E-state index in [1.807, 2.05) is 0 Å². The lowest BCUT2D eigenvalue weighted by Crippen LogP contribution is -2.42. The van der Waals surface area contributed by atoms with Crippen LogP contribution >= 0.6 is 0 Å². The third kappa shape index (κ3) is 2.82. The highest BCUT2D eigenvalue weighted by atomic mass is 16.4. The summed E-state index contributed by atoms with van der Waals surface area (Å²) >= 11 is 0. The summed E-state index contributed by atoms with van der Waals surface area (Å²) in [7, 11) is 0. The minimum Gasteiger partial charge on any atom is -0.481 e. The van der Waals surface area contributed by atoms with Crippen molar-refractivity contribution in [2.45, 2.75) is 51.0 Å². The zero-order valence-electron chi connectivity index (χ0n) is 10.5. The van der Waals surface area contributed by atoms with Crippen LogP contribution in [0.4, 0.5) is 0 Å². The number of hydrogen-bond donors (Lipinski definition) is 1. The Labute approximate surface area is 103 Å². The van der Waals surface area contributed by atoms with Gasteiger partial charge in [-0.25, -0.2) is 0 Å². The Kier molecular flexibility index (Phi) is 3.12. The molecule has 0 aromatic carbocycles. The van der Waals surface area contributed by atoms with Crippen molar-refractivity contribution in [1.82, 2.24) is 4.90 Å². The van der Waals surface area contributed by atoms with Gasteiger partial charge in [0, 0.05) is 19.1 Å². The number of rotatable bonds is 6. The van der Waals surface area contributed by atoms with Crippen LogP contribution < -0.4 is 0 Å². The third-order valence-corrected chi connectivity index (χ3v) is 4.64. The summed E-state index contributed by atoms with van der Waals surface area (Å²) in [5, 5.41) is 9.31. The smallest absolute Gasteiger partial charge is 0.308 e. The number of carboxylic acids is 1. The van der Waals surface area contributed by atoms with Crippen LogP contribution in [0.1, 0.15) is 44.9 Å². The molecule has 3 fully saturated rings. The maximum absolute atomic E-state index is 11.3. The first-order valence-electron chi connectivity index (χ1n) is 7.21. The van der Waals surface area contributed by atoms with Gasteiger partial charge >= 0.3 is 5.97 Å². The van der Waals surface area contributed by atoms with Crippen LogP contribution in [0, 0.1) is 17.8 Å². The molecule has 2 atom stereocenters. The van der Waals surface area contributed by atoms with Crippen molar-refractivity contribution in [2.75, 3.05) is 13.1 Å². The van der Waals surface area contributed by atoms with E-state index in [1.54, 1.807) is 0 Å². The van der Waals surface area contributed by atoms with E-state index >= 15 is 0 Å². The highest BCUT2D eigenvalue weighted by Gasteiger charge is 2.40. The Morgan fingerprint density at radius 1 is 1.00 bits per heavy atom. The highest BCUT2D eigenvalue weighted by Crippen LogP contribution is 2.38. The minimum atomic E-state index is -0.566. The van der Waals surface area contributed by atoms with E-state index in [4.69, 9.17) is 0 Å². The second kappa shape index (κ2) is 4.60. The molecule has 96 valence electrons. The molecule has 3 saturated carbocycles. The van der Waals surface area contributed by atoms with E-state index in [0.29, 0.717) is 6.04 Å². The van der Waals surface area contributed by atoms with Gasteiger partial charge in [-0.05, 0) is 50.4 Å². The summed E-state index contributed by atoms with van der Waals surface area (Å²) in [6.45, 7) is 2.34. The molecule has 0 radical (unpaired) electrons. The first-order valence-corrected chi connectivity index (χ1v) is 7.21. The molecule has 0 aromatic rings. The Balaban J connectivity index is 1.64. The maximum Gasteiger partial charge on any atom is 0.308 e.